The highest BCUT2D eigenvalue weighted by Gasteiger charge is 2.27. The molecule has 2 heterocycles. The number of hydrogen-bond acceptors (Lipinski definition) is 5. The minimum absolute atomic E-state index is 0.0788. The van der Waals surface area contributed by atoms with Crippen LogP contribution in [-0.4, -0.2) is 41.0 Å². The third-order valence-corrected chi connectivity index (χ3v) is 5.43. The molecule has 0 radical (unpaired) electrons. The van der Waals surface area contributed by atoms with Crippen molar-refractivity contribution in [2.75, 3.05) is 25.0 Å². The maximum atomic E-state index is 12.4. The molecule has 2 amide bonds. The SMILES string of the molecule is CCNC(=O)N1CCc2nc(N(C)Cc3ccccc3)nc(Oc3cccc(C)c3)c2C1. The van der Waals surface area contributed by atoms with Gasteiger partial charge in [0.2, 0.25) is 11.8 Å². The van der Waals surface area contributed by atoms with E-state index in [1.807, 2.05) is 68.3 Å². The van der Waals surface area contributed by atoms with Gasteiger partial charge in [0.1, 0.15) is 5.75 Å². The minimum atomic E-state index is -0.0788. The summed E-state index contributed by atoms with van der Waals surface area (Å²) in [7, 11) is 1.98. The van der Waals surface area contributed by atoms with Crippen molar-refractivity contribution in [3.63, 3.8) is 0 Å². The Morgan fingerprint density at radius 2 is 1.97 bits per heavy atom. The van der Waals surface area contributed by atoms with Crippen molar-refractivity contribution >= 4 is 12.0 Å². The van der Waals surface area contributed by atoms with E-state index in [-0.39, 0.29) is 6.03 Å². The van der Waals surface area contributed by atoms with Crippen molar-refractivity contribution in [1.82, 2.24) is 20.2 Å². The van der Waals surface area contributed by atoms with Crippen LogP contribution in [0.1, 0.15) is 29.3 Å². The molecule has 166 valence electrons. The number of fused-ring (bicyclic) bond motifs is 1. The van der Waals surface area contributed by atoms with Crippen molar-refractivity contribution < 1.29 is 9.53 Å². The van der Waals surface area contributed by atoms with E-state index in [0.717, 1.165) is 22.6 Å². The number of carbonyl (C=O) groups is 1. The molecule has 0 atom stereocenters. The molecule has 0 saturated heterocycles. The Kier molecular flexibility index (Phi) is 6.54. The number of benzene rings is 2. The summed E-state index contributed by atoms with van der Waals surface area (Å²) in [4.78, 5) is 25.9. The number of ether oxygens (including phenoxy) is 1. The molecular weight excluding hydrogens is 402 g/mol. The third-order valence-electron chi connectivity index (χ3n) is 5.43. The van der Waals surface area contributed by atoms with Crippen molar-refractivity contribution in [1.29, 1.82) is 0 Å². The highest BCUT2D eigenvalue weighted by atomic mass is 16.5. The van der Waals surface area contributed by atoms with E-state index in [1.165, 1.54) is 5.56 Å². The Hall–Kier alpha value is -3.61. The monoisotopic (exact) mass is 431 g/mol. The standard InChI is InChI=1S/C25H29N5O2/c1-4-26-25(31)30-14-13-22-21(17-30)23(32-20-12-8-9-18(2)15-20)28-24(27-22)29(3)16-19-10-6-5-7-11-19/h5-12,15H,4,13-14,16-17H2,1-3H3,(H,26,31). The Balaban J connectivity index is 1.67. The second-order valence-electron chi connectivity index (χ2n) is 8.02. The number of aryl methyl sites for hydroxylation is 1. The van der Waals surface area contributed by atoms with Crippen LogP contribution in [0.4, 0.5) is 10.7 Å². The zero-order valence-electron chi connectivity index (χ0n) is 18.8. The van der Waals surface area contributed by atoms with E-state index < -0.39 is 0 Å². The van der Waals surface area contributed by atoms with Gasteiger partial charge in [0, 0.05) is 33.1 Å². The number of rotatable bonds is 6. The molecule has 1 aliphatic heterocycles. The van der Waals surface area contributed by atoms with Crippen LogP contribution < -0.4 is 15.0 Å². The molecule has 1 N–H and O–H groups in total. The number of nitrogens with zero attached hydrogens (tertiary/aromatic N) is 4. The fourth-order valence-electron chi connectivity index (χ4n) is 3.78. The van der Waals surface area contributed by atoms with Crippen molar-refractivity contribution in [3.05, 3.63) is 77.0 Å². The molecule has 0 unspecified atom stereocenters. The second-order valence-corrected chi connectivity index (χ2v) is 8.02. The number of amides is 2. The topological polar surface area (TPSA) is 70.6 Å². The summed E-state index contributed by atoms with van der Waals surface area (Å²) in [6.07, 6.45) is 0.658. The molecule has 7 nitrogen and oxygen atoms in total. The summed E-state index contributed by atoms with van der Waals surface area (Å²) in [5, 5.41) is 2.88. The first-order valence-corrected chi connectivity index (χ1v) is 11.0. The van der Waals surface area contributed by atoms with E-state index in [1.54, 1.807) is 4.90 Å². The van der Waals surface area contributed by atoms with Crippen LogP contribution in [0.2, 0.25) is 0 Å². The van der Waals surface area contributed by atoms with Gasteiger partial charge in [-0.05, 0) is 37.1 Å². The van der Waals surface area contributed by atoms with Crippen LogP contribution in [-0.2, 0) is 19.5 Å². The summed E-state index contributed by atoms with van der Waals surface area (Å²) < 4.78 is 6.25. The molecule has 4 rings (SSSR count). The Morgan fingerprint density at radius 3 is 2.72 bits per heavy atom. The average molecular weight is 432 g/mol. The maximum Gasteiger partial charge on any atom is 0.317 e. The fraction of sp³-hybridized carbons (Fsp3) is 0.320. The van der Waals surface area contributed by atoms with Gasteiger partial charge in [0.05, 0.1) is 17.8 Å². The van der Waals surface area contributed by atoms with Gasteiger partial charge < -0.3 is 19.9 Å². The zero-order chi connectivity index (χ0) is 22.5. The summed E-state index contributed by atoms with van der Waals surface area (Å²) in [6, 6.07) is 18.0. The lowest BCUT2D eigenvalue weighted by Gasteiger charge is -2.30. The summed E-state index contributed by atoms with van der Waals surface area (Å²) in [5.74, 6) is 1.84. The summed E-state index contributed by atoms with van der Waals surface area (Å²) >= 11 is 0. The Bertz CT molecular complexity index is 1090. The van der Waals surface area contributed by atoms with Gasteiger partial charge in [-0.3, -0.25) is 0 Å². The molecular formula is C25H29N5O2. The lowest BCUT2D eigenvalue weighted by molar-refractivity contribution is 0.191. The minimum Gasteiger partial charge on any atom is -0.438 e. The molecule has 1 aliphatic rings. The van der Waals surface area contributed by atoms with Crippen molar-refractivity contribution in [2.24, 2.45) is 0 Å². The fourth-order valence-corrected chi connectivity index (χ4v) is 3.78. The molecule has 0 aliphatic carbocycles. The predicted octanol–water partition coefficient (Wildman–Crippen LogP) is 4.30. The van der Waals surface area contributed by atoms with Crippen LogP contribution in [0, 0.1) is 6.92 Å². The molecule has 0 fully saturated rings. The zero-order valence-corrected chi connectivity index (χ0v) is 18.8. The van der Waals surface area contributed by atoms with E-state index >= 15 is 0 Å². The smallest absolute Gasteiger partial charge is 0.317 e. The van der Waals surface area contributed by atoms with E-state index in [0.29, 0.717) is 44.4 Å². The van der Waals surface area contributed by atoms with Gasteiger partial charge in [0.15, 0.2) is 0 Å². The first-order chi connectivity index (χ1) is 15.5. The third kappa shape index (κ3) is 4.99. The van der Waals surface area contributed by atoms with Gasteiger partial charge in [-0.1, -0.05) is 42.5 Å². The molecule has 0 saturated carbocycles. The maximum absolute atomic E-state index is 12.4. The van der Waals surface area contributed by atoms with E-state index in [2.05, 4.69) is 17.4 Å². The molecule has 7 heteroatoms. The molecule has 0 spiro atoms. The number of aromatic nitrogens is 2. The highest BCUT2D eigenvalue weighted by molar-refractivity contribution is 5.74. The lowest BCUT2D eigenvalue weighted by atomic mass is 10.1. The van der Waals surface area contributed by atoms with Gasteiger partial charge in [-0.25, -0.2) is 9.78 Å². The number of anilines is 1. The van der Waals surface area contributed by atoms with Crippen LogP contribution in [0.5, 0.6) is 11.6 Å². The predicted molar refractivity (Wildman–Crippen MR) is 125 cm³/mol. The number of nitrogens with one attached hydrogen (secondary N) is 1. The quantitative estimate of drug-likeness (QED) is 0.630. The number of urea groups is 1. The average Bonchev–Trinajstić information content (AvgIpc) is 2.79. The molecule has 1 aromatic heterocycles. The van der Waals surface area contributed by atoms with Crippen LogP contribution in [0.3, 0.4) is 0 Å². The summed E-state index contributed by atoms with van der Waals surface area (Å²) in [5.41, 5.74) is 4.08. The van der Waals surface area contributed by atoms with Crippen molar-refractivity contribution in [2.45, 2.75) is 33.4 Å². The summed E-state index contributed by atoms with van der Waals surface area (Å²) in [6.45, 7) is 6.26. The normalized spacial score (nSPS) is 12.8. The largest absolute Gasteiger partial charge is 0.438 e. The first-order valence-electron chi connectivity index (χ1n) is 11.0. The number of hydrogen-bond donors (Lipinski definition) is 1. The van der Waals surface area contributed by atoms with E-state index in [9.17, 15) is 4.79 Å². The molecule has 32 heavy (non-hydrogen) atoms. The van der Waals surface area contributed by atoms with E-state index in [4.69, 9.17) is 14.7 Å². The van der Waals surface area contributed by atoms with Crippen LogP contribution in [0.25, 0.3) is 0 Å². The van der Waals surface area contributed by atoms with Crippen LogP contribution >= 0.6 is 0 Å². The van der Waals surface area contributed by atoms with Gasteiger partial charge in [-0.15, -0.1) is 0 Å². The van der Waals surface area contributed by atoms with Gasteiger partial charge >= 0.3 is 6.03 Å². The Labute approximate surface area is 189 Å². The number of carbonyl (C=O) groups excluding carboxylic acids is 1. The molecule has 0 bridgehead atoms. The Morgan fingerprint density at radius 1 is 1.16 bits per heavy atom. The first kappa shape index (κ1) is 21.6. The lowest BCUT2D eigenvalue weighted by Crippen LogP contribution is -2.43. The van der Waals surface area contributed by atoms with Gasteiger partial charge in [-0.2, -0.15) is 4.98 Å². The van der Waals surface area contributed by atoms with Gasteiger partial charge in [0.25, 0.3) is 0 Å². The molecule has 3 aromatic rings. The van der Waals surface area contributed by atoms with Crippen molar-refractivity contribution in [3.8, 4) is 11.6 Å². The molecule has 2 aromatic carbocycles. The highest BCUT2D eigenvalue weighted by Crippen LogP contribution is 2.31. The van der Waals surface area contributed by atoms with Crippen LogP contribution in [0.15, 0.2) is 54.6 Å². The second kappa shape index (κ2) is 9.68.